The van der Waals surface area contributed by atoms with Crippen molar-refractivity contribution in [2.75, 3.05) is 0 Å². The SMILES string of the molecule is CC(C)c1cc2cc(Cl)cc(Cl)c2o1. The zero-order valence-corrected chi connectivity index (χ0v) is 9.49. The molecular weight excluding hydrogens is 219 g/mol. The summed E-state index contributed by atoms with van der Waals surface area (Å²) in [4.78, 5) is 0. The summed E-state index contributed by atoms with van der Waals surface area (Å²) >= 11 is 11.9. The fourth-order valence-corrected chi connectivity index (χ4v) is 1.93. The molecule has 0 aliphatic heterocycles. The molecule has 1 nitrogen and oxygen atoms in total. The van der Waals surface area contributed by atoms with Crippen molar-refractivity contribution in [1.82, 2.24) is 0 Å². The van der Waals surface area contributed by atoms with Gasteiger partial charge in [0.15, 0.2) is 5.58 Å². The molecule has 1 heterocycles. The van der Waals surface area contributed by atoms with Crippen LogP contribution in [0.4, 0.5) is 0 Å². The van der Waals surface area contributed by atoms with E-state index >= 15 is 0 Å². The Bertz CT molecular complexity index is 471. The first-order valence-electron chi connectivity index (χ1n) is 4.46. The largest absolute Gasteiger partial charge is 0.459 e. The van der Waals surface area contributed by atoms with Crippen LogP contribution in [0.15, 0.2) is 22.6 Å². The first-order valence-corrected chi connectivity index (χ1v) is 5.22. The van der Waals surface area contributed by atoms with Gasteiger partial charge in [0.1, 0.15) is 5.76 Å². The highest BCUT2D eigenvalue weighted by Crippen LogP contribution is 2.32. The van der Waals surface area contributed by atoms with E-state index in [4.69, 9.17) is 27.6 Å². The summed E-state index contributed by atoms with van der Waals surface area (Å²) in [5.74, 6) is 1.29. The lowest BCUT2D eigenvalue weighted by molar-refractivity contribution is 0.522. The lowest BCUT2D eigenvalue weighted by Gasteiger charge is -1.96. The molecule has 14 heavy (non-hydrogen) atoms. The van der Waals surface area contributed by atoms with Crippen molar-refractivity contribution >= 4 is 34.2 Å². The standard InChI is InChI=1S/C11H10Cl2O/c1-6(2)10-4-7-3-8(12)5-9(13)11(7)14-10/h3-6H,1-2H3. The van der Waals surface area contributed by atoms with Crippen LogP contribution in [0.25, 0.3) is 11.0 Å². The van der Waals surface area contributed by atoms with Gasteiger partial charge in [0, 0.05) is 16.3 Å². The van der Waals surface area contributed by atoms with Gasteiger partial charge in [0.25, 0.3) is 0 Å². The second kappa shape index (κ2) is 3.48. The van der Waals surface area contributed by atoms with Gasteiger partial charge in [-0.15, -0.1) is 0 Å². The summed E-state index contributed by atoms with van der Waals surface area (Å²) in [5.41, 5.74) is 0.722. The molecule has 0 atom stereocenters. The number of hydrogen-bond acceptors (Lipinski definition) is 1. The van der Waals surface area contributed by atoms with Crippen molar-refractivity contribution in [3.63, 3.8) is 0 Å². The Morgan fingerprint density at radius 1 is 1.14 bits per heavy atom. The van der Waals surface area contributed by atoms with Gasteiger partial charge < -0.3 is 4.42 Å². The van der Waals surface area contributed by atoms with E-state index < -0.39 is 0 Å². The van der Waals surface area contributed by atoms with E-state index in [0.717, 1.165) is 16.7 Å². The highest BCUT2D eigenvalue weighted by molar-refractivity contribution is 6.38. The first-order chi connectivity index (χ1) is 6.58. The normalized spacial score (nSPS) is 11.5. The van der Waals surface area contributed by atoms with Crippen LogP contribution in [-0.4, -0.2) is 0 Å². The van der Waals surface area contributed by atoms with Gasteiger partial charge in [0.05, 0.1) is 5.02 Å². The van der Waals surface area contributed by atoms with Gasteiger partial charge >= 0.3 is 0 Å². The van der Waals surface area contributed by atoms with Crippen LogP contribution in [0, 0.1) is 0 Å². The quantitative estimate of drug-likeness (QED) is 0.680. The van der Waals surface area contributed by atoms with Gasteiger partial charge in [-0.1, -0.05) is 37.0 Å². The number of hydrogen-bond donors (Lipinski definition) is 0. The summed E-state index contributed by atoms with van der Waals surface area (Å²) in [6.45, 7) is 4.15. The van der Waals surface area contributed by atoms with Crippen LogP contribution >= 0.6 is 23.2 Å². The van der Waals surface area contributed by atoms with Gasteiger partial charge in [-0.2, -0.15) is 0 Å². The summed E-state index contributed by atoms with van der Waals surface area (Å²) < 4.78 is 5.62. The van der Waals surface area contributed by atoms with Gasteiger partial charge in [-0.05, 0) is 18.2 Å². The molecule has 0 spiro atoms. The Kier molecular flexibility index (Phi) is 2.46. The van der Waals surface area contributed by atoms with Gasteiger partial charge in [0.2, 0.25) is 0 Å². The summed E-state index contributed by atoms with van der Waals surface area (Å²) in [6, 6.07) is 5.54. The van der Waals surface area contributed by atoms with Crippen molar-refractivity contribution in [2.45, 2.75) is 19.8 Å². The average molecular weight is 229 g/mol. The van der Waals surface area contributed by atoms with Crippen molar-refractivity contribution in [1.29, 1.82) is 0 Å². The molecule has 0 unspecified atom stereocenters. The highest BCUT2D eigenvalue weighted by Gasteiger charge is 2.10. The molecule has 0 bridgehead atoms. The minimum absolute atomic E-state index is 0.359. The van der Waals surface area contributed by atoms with E-state index in [2.05, 4.69) is 13.8 Å². The molecule has 0 aliphatic carbocycles. The van der Waals surface area contributed by atoms with Crippen molar-refractivity contribution in [2.24, 2.45) is 0 Å². The third-order valence-corrected chi connectivity index (χ3v) is 2.62. The number of rotatable bonds is 1. The van der Waals surface area contributed by atoms with E-state index in [1.165, 1.54) is 0 Å². The third-order valence-electron chi connectivity index (χ3n) is 2.12. The molecule has 0 fully saturated rings. The topological polar surface area (TPSA) is 13.1 Å². The third kappa shape index (κ3) is 1.62. The van der Waals surface area contributed by atoms with Crippen LogP contribution in [0.1, 0.15) is 25.5 Å². The second-order valence-electron chi connectivity index (χ2n) is 3.61. The Hall–Kier alpha value is -0.660. The van der Waals surface area contributed by atoms with Crippen molar-refractivity contribution in [3.8, 4) is 0 Å². The number of fused-ring (bicyclic) bond motifs is 1. The van der Waals surface area contributed by atoms with Gasteiger partial charge in [-0.25, -0.2) is 0 Å². The molecule has 0 saturated heterocycles. The molecule has 3 heteroatoms. The van der Waals surface area contributed by atoms with Crippen LogP contribution in [0.3, 0.4) is 0 Å². The van der Waals surface area contributed by atoms with Crippen LogP contribution < -0.4 is 0 Å². The van der Waals surface area contributed by atoms with E-state index in [1.54, 1.807) is 6.07 Å². The molecule has 0 radical (unpaired) electrons. The molecule has 1 aromatic heterocycles. The van der Waals surface area contributed by atoms with Crippen molar-refractivity contribution in [3.05, 3.63) is 34.0 Å². The van der Waals surface area contributed by atoms with E-state index in [-0.39, 0.29) is 0 Å². The fraction of sp³-hybridized carbons (Fsp3) is 0.273. The Balaban J connectivity index is 2.70. The maximum Gasteiger partial charge on any atom is 0.152 e. The molecule has 1 aromatic carbocycles. The average Bonchev–Trinajstić information content (AvgIpc) is 2.47. The fourth-order valence-electron chi connectivity index (χ4n) is 1.38. The summed E-state index contributed by atoms with van der Waals surface area (Å²) in [5, 5.41) is 2.17. The molecule has 0 saturated carbocycles. The predicted octanol–water partition coefficient (Wildman–Crippen LogP) is 4.86. The monoisotopic (exact) mass is 228 g/mol. The maximum atomic E-state index is 6.00. The Labute approximate surface area is 92.6 Å². The van der Waals surface area contributed by atoms with Crippen LogP contribution in [-0.2, 0) is 0 Å². The van der Waals surface area contributed by atoms with Gasteiger partial charge in [-0.3, -0.25) is 0 Å². The molecule has 0 aliphatic rings. The smallest absolute Gasteiger partial charge is 0.152 e. The highest BCUT2D eigenvalue weighted by atomic mass is 35.5. The van der Waals surface area contributed by atoms with Crippen LogP contribution in [0.2, 0.25) is 10.0 Å². The van der Waals surface area contributed by atoms with E-state index in [0.29, 0.717) is 16.0 Å². The summed E-state index contributed by atoms with van der Waals surface area (Å²) in [6.07, 6.45) is 0. The molecular formula is C11H10Cl2O. The lowest BCUT2D eigenvalue weighted by atomic mass is 10.1. The zero-order valence-electron chi connectivity index (χ0n) is 7.97. The predicted molar refractivity (Wildman–Crippen MR) is 60.3 cm³/mol. The molecule has 2 aromatic rings. The number of benzene rings is 1. The Morgan fingerprint density at radius 3 is 2.50 bits per heavy atom. The Morgan fingerprint density at radius 2 is 1.86 bits per heavy atom. The minimum Gasteiger partial charge on any atom is -0.459 e. The zero-order chi connectivity index (χ0) is 10.3. The lowest BCUT2D eigenvalue weighted by Crippen LogP contribution is -1.79. The molecule has 0 amide bonds. The minimum atomic E-state index is 0.359. The second-order valence-corrected chi connectivity index (χ2v) is 4.45. The van der Waals surface area contributed by atoms with E-state index in [9.17, 15) is 0 Å². The molecule has 2 rings (SSSR count). The number of halogens is 2. The number of furan rings is 1. The first kappa shape index (κ1) is 9.88. The maximum absolute atomic E-state index is 6.00. The van der Waals surface area contributed by atoms with Crippen LogP contribution in [0.5, 0.6) is 0 Å². The van der Waals surface area contributed by atoms with E-state index in [1.807, 2.05) is 12.1 Å². The molecule has 74 valence electrons. The summed E-state index contributed by atoms with van der Waals surface area (Å²) in [7, 11) is 0. The molecule has 0 N–H and O–H groups in total. The van der Waals surface area contributed by atoms with Crippen molar-refractivity contribution < 1.29 is 4.42 Å².